The standard InChI is InChI=1S/C24H39N5O5/c1-23(2,3)34-22(32)25-19(24(33)10-6-5-7-11-24)21(31)27-12-8-17(9-13-27)29-16-28-15-26(4)14-18(28)20(29)30/h14,17,19,33H,5-13,15-16H2,1-4H3,(H,25,32). The minimum absolute atomic E-state index is 0.0510. The molecule has 0 radical (unpaired) electrons. The van der Waals surface area contributed by atoms with Gasteiger partial charge in [-0.1, -0.05) is 19.3 Å². The van der Waals surface area contributed by atoms with Crippen molar-refractivity contribution in [2.45, 2.75) is 89.0 Å². The number of amides is 3. The lowest BCUT2D eigenvalue weighted by Gasteiger charge is -2.43. The molecule has 0 aromatic rings. The summed E-state index contributed by atoms with van der Waals surface area (Å²) in [4.78, 5) is 46.7. The summed E-state index contributed by atoms with van der Waals surface area (Å²) >= 11 is 0. The Morgan fingerprint density at radius 2 is 1.79 bits per heavy atom. The fourth-order valence-electron chi connectivity index (χ4n) is 5.55. The number of fused-ring (bicyclic) bond motifs is 1. The fraction of sp³-hybridized carbons (Fsp3) is 0.792. The molecule has 3 amide bonds. The van der Waals surface area contributed by atoms with Crippen LogP contribution in [0.1, 0.15) is 65.7 Å². The highest BCUT2D eigenvalue weighted by molar-refractivity contribution is 5.95. The number of likely N-dealkylation sites (tertiary alicyclic amines) is 1. The molecule has 3 fully saturated rings. The molecule has 4 rings (SSSR count). The molecule has 34 heavy (non-hydrogen) atoms. The van der Waals surface area contributed by atoms with Crippen LogP contribution in [-0.2, 0) is 14.3 Å². The normalized spacial score (nSPS) is 24.1. The van der Waals surface area contributed by atoms with E-state index in [1.54, 1.807) is 25.7 Å². The van der Waals surface area contributed by atoms with Crippen molar-refractivity contribution < 1.29 is 24.2 Å². The summed E-state index contributed by atoms with van der Waals surface area (Å²) in [5, 5.41) is 14.1. The predicted octanol–water partition coefficient (Wildman–Crippen LogP) is 1.41. The van der Waals surface area contributed by atoms with Gasteiger partial charge in [-0.25, -0.2) is 4.79 Å². The summed E-state index contributed by atoms with van der Waals surface area (Å²) in [7, 11) is 1.95. The molecule has 3 heterocycles. The van der Waals surface area contributed by atoms with Crippen LogP contribution in [0, 0.1) is 0 Å². The summed E-state index contributed by atoms with van der Waals surface area (Å²) in [6.07, 6.45) is 6.12. The van der Waals surface area contributed by atoms with Crippen LogP contribution in [-0.4, -0.2) is 99.4 Å². The quantitative estimate of drug-likeness (QED) is 0.631. The van der Waals surface area contributed by atoms with Crippen LogP contribution in [0.25, 0.3) is 0 Å². The molecule has 2 saturated heterocycles. The first-order chi connectivity index (χ1) is 16.0. The zero-order valence-electron chi connectivity index (χ0n) is 20.9. The third-order valence-electron chi connectivity index (χ3n) is 7.26. The molecular weight excluding hydrogens is 438 g/mol. The number of aliphatic hydroxyl groups is 1. The van der Waals surface area contributed by atoms with Crippen LogP contribution in [0.4, 0.5) is 4.79 Å². The van der Waals surface area contributed by atoms with E-state index >= 15 is 0 Å². The first-order valence-corrected chi connectivity index (χ1v) is 12.5. The summed E-state index contributed by atoms with van der Waals surface area (Å²) in [6.45, 7) is 7.55. The number of nitrogens with zero attached hydrogens (tertiary/aromatic N) is 4. The molecule has 1 atom stereocenters. The average molecular weight is 478 g/mol. The molecule has 10 nitrogen and oxygen atoms in total. The number of ether oxygens (including phenoxy) is 1. The van der Waals surface area contributed by atoms with Gasteiger partial charge in [-0.3, -0.25) is 9.59 Å². The van der Waals surface area contributed by atoms with Gasteiger partial charge in [0, 0.05) is 32.4 Å². The van der Waals surface area contributed by atoms with E-state index < -0.39 is 23.3 Å². The van der Waals surface area contributed by atoms with Crippen molar-refractivity contribution in [3.05, 3.63) is 11.9 Å². The smallest absolute Gasteiger partial charge is 0.408 e. The second-order valence-electron chi connectivity index (χ2n) is 11.2. The van der Waals surface area contributed by atoms with Gasteiger partial charge in [0.25, 0.3) is 5.91 Å². The summed E-state index contributed by atoms with van der Waals surface area (Å²) < 4.78 is 5.39. The molecule has 10 heteroatoms. The van der Waals surface area contributed by atoms with E-state index in [0.29, 0.717) is 52.1 Å². The number of rotatable bonds is 4. The van der Waals surface area contributed by atoms with Crippen molar-refractivity contribution in [3.8, 4) is 0 Å². The van der Waals surface area contributed by atoms with Gasteiger partial charge >= 0.3 is 6.09 Å². The summed E-state index contributed by atoms with van der Waals surface area (Å²) in [5.74, 6) is -0.221. The van der Waals surface area contributed by atoms with E-state index in [0.717, 1.165) is 25.0 Å². The van der Waals surface area contributed by atoms with Gasteiger partial charge in [0.1, 0.15) is 17.3 Å². The van der Waals surface area contributed by atoms with Crippen LogP contribution >= 0.6 is 0 Å². The van der Waals surface area contributed by atoms with Crippen LogP contribution in [0.15, 0.2) is 11.9 Å². The topological polar surface area (TPSA) is 106 Å². The van der Waals surface area contributed by atoms with Crippen molar-refractivity contribution in [1.82, 2.24) is 24.9 Å². The Bertz CT molecular complexity index is 839. The van der Waals surface area contributed by atoms with Crippen LogP contribution < -0.4 is 5.32 Å². The maximum Gasteiger partial charge on any atom is 0.408 e. The number of hydrogen-bond acceptors (Lipinski definition) is 7. The van der Waals surface area contributed by atoms with Crippen LogP contribution in [0.5, 0.6) is 0 Å². The maximum absolute atomic E-state index is 13.6. The zero-order valence-corrected chi connectivity index (χ0v) is 20.9. The number of piperidine rings is 1. The number of nitrogens with one attached hydrogen (secondary N) is 1. The molecule has 190 valence electrons. The van der Waals surface area contributed by atoms with Crippen molar-refractivity contribution >= 4 is 17.9 Å². The third kappa shape index (κ3) is 5.11. The van der Waals surface area contributed by atoms with Gasteiger partial charge in [0.2, 0.25) is 5.91 Å². The Morgan fingerprint density at radius 3 is 2.38 bits per heavy atom. The number of alkyl carbamates (subject to hydrolysis) is 1. The SMILES string of the molecule is CN1C=C2C(=O)N(C3CCN(C(=O)C(NC(=O)OC(C)(C)C)C4(O)CCCCC4)CC3)CN2C1. The molecule has 0 bridgehead atoms. The van der Waals surface area contributed by atoms with Crippen molar-refractivity contribution in [3.63, 3.8) is 0 Å². The van der Waals surface area contributed by atoms with E-state index in [1.807, 2.05) is 23.0 Å². The third-order valence-corrected chi connectivity index (χ3v) is 7.26. The number of carbonyl (C=O) groups is 3. The Labute approximate surface area is 201 Å². The highest BCUT2D eigenvalue weighted by Crippen LogP contribution is 2.33. The van der Waals surface area contributed by atoms with E-state index in [1.165, 1.54) is 0 Å². The summed E-state index contributed by atoms with van der Waals surface area (Å²) in [5.41, 5.74) is -1.24. The lowest BCUT2D eigenvalue weighted by atomic mass is 9.78. The van der Waals surface area contributed by atoms with Gasteiger partial charge < -0.3 is 34.8 Å². The predicted molar refractivity (Wildman–Crippen MR) is 125 cm³/mol. The van der Waals surface area contributed by atoms with Crippen molar-refractivity contribution in [2.24, 2.45) is 0 Å². The monoisotopic (exact) mass is 477 g/mol. The molecule has 2 N–H and O–H groups in total. The Balaban J connectivity index is 1.41. The van der Waals surface area contributed by atoms with Gasteiger partial charge in [-0.05, 0) is 46.5 Å². The largest absolute Gasteiger partial charge is 0.444 e. The Morgan fingerprint density at radius 1 is 1.15 bits per heavy atom. The molecule has 0 aromatic carbocycles. The van der Waals surface area contributed by atoms with Crippen LogP contribution in [0.2, 0.25) is 0 Å². The number of carbonyl (C=O) groups excluding carboxylic acids is 3. The second-order valence-corrected chi connectivity index (χ2v) is 11.2. The molecule has 1 aliphatic carbocycles. The molecular formula is C24H39N5O5. The van der Waals surface area contributed by atoms with E-state index in [-0.39, 0.29) is 17.9 Å². The van der Waals surface area contributed by atoms with Gasteiger partial charge in [-0.15, -0.1) is 0 Å². The minimum Gasteiger partial charge on any atom is -0.444 e. The highest BCUT2D eigenvalue weighted by atomic mass is 16.6. The Hall–Kier alpha value is -2.49. The fourth-order valence-corrected chi connectivity index (χ4v) is 5.55. The van der Waals surface area contributed by atoms with E-state index in [2.05, 4.69) is 10.2 Å². The first kappa shape index (κ1) is 24.6. The average Bonchev–Trinajstić information content (AvgIpc) is 3.28. The zero-order chi connectivity index (χ0) is 24.7. The van der Waals surface area contributed by atoms with Gasteiger partial charge in [0.05, 0.1) is 18.9 Å². The summed E-state index contributed by atoms with van der Waals surface area (Å²) in [6, 6.07) is -0.970. The second kappa shape index (κ2) is 9.28. The molecule has 1 unspecified atom stereocenters. The molecule has 4 aliphatic rings. The van der Waals surface area contributed by atoms with E-state index in [9.17, 15) is 19.5 Å². The minimum atomic E-state index is -1.28. The number of hydrogen-bond donors (Lipinski definition) is 2. The first-order valence-electron chi connectivity index (χ1n) is 12.5. The van der Waals surface area contributed by atoms with Crippen molar-refractivity contribution in [1.29, 1.82) is 0 Å². The molecule has 1 saturated carbocycles. The lowest BCUT2D eigenvalue weighted by Crippen LogP contribution is -2.63. The molecule has 0 aromatic heterocycles. The van der Waals surface area contributed by atoms with E-state index in [4.69, 9.17) is 4.74 Å². The molecule has 0 spiro atoms. The lowest BCUT2D eigenvalue weighted by molar-refractivity contribution is -0.145. The van der Waals surface area contributed by atoms with Gasteiger partial charge in [-0.2, -0.15) is 0 Å². The van der Waals surface area contributed by atoms with Crippen LogP contribution in [0.3, 0.4) is 0 Å². The van der Waals surface area contributed by atoms with Gasteiger partial charge in [0.15, 0.2) is 0 Å². The highest BCUT2D eigenvalue weighted by Gasteiger charge is 2.47. The molecule has 3 aliphatic heterocycles. The Kier molecular flexibility index (Phi) is 6.72. The van der Waals surface area contributed by atoms with Crippen molar-refractivity contribution in [2.75, 3.05) is 33.5 Å². The maximum atomic E-state index is 13.6.